The molecule has 0 aliphatic rings. The van der Waals surface area contributed by atoms with Crippen LogP contribution in [0, 0.1) is 10.8 Å². The van der Waals surface area contributed by atoms with Gasteiger partial charge in [-0.3, -0.25) is 5.21 Å². The summed E-state index contributed by atoms with van der Waals surface area (Å²) < 4.78 is 22.1. The highest BCUT2D eigenvalue weighted by molar-refractivity contribution is 5.52. The lowest BCUT2D eigenvalue weighted by atomic mass is 9.97. The fourth-order valence-corrected chi connectivity index (χ4v) is 1.77. The number of nitroso groups, excluding NO2 is 1. The van der Waals surface area contributed by atoms with Gasteiger partial charge < -0.3 is 0 Å². The van der Waals surface area contributed by atoms with E-state index in [0.717, 1.165) is 0 Å². The number of benzene rings is 1. The van der Waals surface area contributed by atoms with Gasteiger partial charge in [0.15, 0.2) is 0 Å². The van der Waals surface area contributed by atoms with Gasteiger partial charge in [0.2, 0.25) is 1.43 Å². The first-order valence-corrected chi connectivity index (χ1v) is 5.42. The molecule has 0 aliphatic carbocycles. The van der Waals surface area contributed by atoms with Crippen molar-refractivity contribution < 1.29 is 9.38 Å². The first-order valence-electron chi connectivity index (χ1n) is 6.83. The van der Waals surface area contributed by atoms with E-state index in [9.17, 15) is 4.91 Å². The zero-order valence-electron chi connectivity index (χ0n) is 13.2. The molecule has 1 aromatic rings. The Balaban J connectivity index is 3.19. The van der Waals surface area contributed by atoms with E-state index in [1.54, 1.807) is 19.1 Å². The molecule has 4 nitrogen and oxygen atoms in total. The number of hydroxylamine groups is 1. The highest BCUT2D eigenvalue weighted by Gasteiger charge is 2.21. The SMILES string of the molecule is [2H]ON(c1ccc(N=O)cc1)C(C(C)=C([2H])[2H])C(C)C. The minimum atomic E-state index is -0.410. The zero-order chi connectivity index (χ0) is 15.3. The van der Waals surface area contributed by atoms with Crippen molar-refractivity contribution in [2.75, 3.05) is 5.06 Å². The number of hydrogen-bond donors (Lipinski definition) is 1. The van der Waals surface area contributed by atoms with E-state index >= 15 is 0 Å². The molecule has 1 N–H and O–H groups in total. The maximum Gasteiger partial charge on any atom is 0.246 e. The van der Waals surface area contributed by atoms with E-state index in [4.69, 9.17) is 4.17 Å². The molecule has 92 valence electrons. The Morgan fingerprint density at radius 3 is 2.59 bits per heavy atom. The quantitative estimate of drug-likeness (QED) is 0.464. The molecule has 1 rings (SSSR count). The standard InChI is InChI=1S/C13H18N2O2/c1-9(2)13(10(3)4)15(17)12-7-5-11(14-16)6-8-12/h5-8,10,13,17H,1H2,2-4H3/i1D2,17D. The molecule has 0 fully saturated rings. The van der Waals surface area contributed by atoms with Crippen LogP contribution in [-0.4, -0.2) is 11.3 Å². The minimum Gasteiger partial charge on any atom is -0.288 e. The van der Waals surface area contributed by atoms with E-state index in [-0.39, 0.29) is 18.1 Å². The van der Waals surface area contributed by atoms with E-state index in [1.807, 2.05) is 13.8 Å². The first-order chi connectivity index (χ1) is 9.42. The number of rotatable bonds is 6. The molecule has 1 atom stereocenters. The zero-order valence-corrected chi connectivity index (χ0v) is 10.2. The molecular weight excluding hydrogens is 216 g/mol. The van der Waals surface area contributed by atoms with Gasteiger partial charge >= 0.3 is 0 Å². The summed E-state index contributed by atoms with van der Waals surface area (Å²) in [5, 5.41) is 8.81. The highest BCUT2D eigenvalue weighted by Crippen LogP contribution is 2.25. The molecule has 1 unspecified atom stereocenters. The van der Waals surface area contributed by atoms with Gasteiger partial charge in [0.25, 0.3) is 0 Å². The largest absolute Gasteiger partial charge is 0.288 e. The normalized spacial score (nSPS) is 14.5. The third-order valence-corrected chi connectivity index (χ3v) is 2.54. The molecular formula is C13H18N2O2. The van der Waals surface area contributed by atoms with Gasteiger partial charge in [-0.05, 0) is 42.3 Å². The predicted molar refractivity (Wildman–Crippen MR) is 69.6 cm³/mol. The Hall–Kier alpha value is -1.68. The van der Waals surface area contributed by atoms with Crippen LogP contribution in [0.4, 0.5) is 11.4 Å². The van der Waals surface area contributed by atoms with Gasteiger partial charge in [-0.2, -0.15) is 0 Å². The van der Waals surface area contributed by atoms with Crippen LogP contribution in [0.1, 0.15) is 23.5 Å². The Kier molecular flexibility index (Phi) is 3.08. The molecule has 17 heavy (non-hydrogen) atoms. The summed E-state index contributed by atoms with van der Waals surface area (Å²) in [5.41, 5.74) is 1.35. The molecule has 0 bridgehead atoms. The van der Waals surface area contributed by atoms with Crippen molar-refractivity contribution in [1.29, 1.82) is 0 Å². The average molecular weight is 237 g/mol. The Morgan fingerprint density at radius 2 is 2.18 bits per heavy atom. The number of anilines is 1. The maximum absolute atomic E-state index is 10.4. The second-order valence-electron chi connectivity index (χ2n) is 4.31. The maximum atomic E-state index is 10.4. The van der Waals surface area contributed by atoms with Crippen LogP contribution in [0.3, 0.4) is 0 Å². The summed E-state index contributed by atoms with van der Waals surface area (Å²) in [6, 6.07) is 5.86. The summed E-state index contributed by atoms with van der Waals surface area (Å²) in [5.74, 6) is 0.0370. The van der Waals surface area contributed by atoms with Gasteiger partial charge in [-0.1, -0.05) is 26.0 Å². The lowest BCUT2D eigenvalue weighted by molar-refractivity contribution is 0.206. The molecule has 0 aromatic heterocycles. The molecule has 0 saturated heterocycles. The molecule has 0 aliphatic heterocycles. The summed E-state index contributed by atoms with van der Waals surface area (Å²) in [7, 11) is 0. The van der Waals surface area contributed by atoms with Crippen LogP contribution in [0.5, 0.6) is 0 Å². The van der Waals surface area contributed by atoms with Crippen molar-refractivity contribution in [3.05, 3.63) is 41.3 Å². The molecule has 0 saturated carbocycles. The monoisotopic (exact) mass is 237 g/mol. The van der Waals surface area contributed by atoms with E-state index in [0.29, 0.717) is 11.3 Å². The van der Waals surface area contributed by atoms with Crippen molar-refractivity contribution >= 4 is 11.4 Å². The van der Waals surface area contributed by atoms with Crippen LogP contribution in [-0.2, 0) is 0 Å². The third kappa shape index (κ3) is 3.14. The smallest absolute Gasteiger partial charge is 0.246 e. The molecule has 1 aromatic carbocycles. The summed E-state index contributed by atoms with van der Waals surface area (Å²) >= 11 is 0. The Morgan fingerprint density at radius 1 is 1.53 bits per heavy atom. The van der Waals surface area contributed by atoms with Gasteiger partial charge in [0.05, 0.1) is 14.5 Å². The lowest BCUT2D eigenvalue weighted by Gasteiger charge is -2.31. The van der Waals surface area contributed by atoms with Gasteiger partial charge in [-0.25, -0.2) is 5.06 Å². The van der Waals surface area contributed by atoms with E-state index in [1.165, 1.54) is 17.2 Å². The van der Waals surface area contributed by atoms with Crippen LogP contribution < -0.4 is 5.06 Å². The van der Waals surface area contributed by atoms with Crippen LogP contribution in [0.15, 0.2) is 41.5 Å². The average Bonchev–Trinajstić information content (AvgIpc) is 2.43. The molecule has 0 radical (unpaired) electrons. The minimum absolute atomic E-state index is 0.0370. The number of hydrogen-bond acceptors (Lipinski definition) is 4. The van der Waals surface area contributed by atoms with Crippen molar-refractivity contribution in [3.63, 3.8) is 0 Å². The van der Waals surface area contributed by atoms with Crippen molar-refractivity contribution in [1.82, 2.24) is 0 Å². The predicted octanol–water partition coefficient (Wildman–Crippen LogP) is 3.88. The fourth-order valence-electron chi connectivity index (χ4n) is 1.77. The third-order valence-electron chi connectivity index (χ3n) is 2.54. The second-order valence-corrected chi connectivity index (χ2v) is 4.31. The summed E-state index contributed by atoms with van der Waals surface area (Å²) in [6.45, 7) is 5.22. The van der Waals surface area contributed by atoms with Crippen molar-refractivity contribution in [2.45, 2.75) is 26.8 Å². The van der Waals surface area contributed by atoms with E-state index in [2.05, 4.69) is 10.4 Å². The van der Waals surface area contributed by atoms with Crippen LogP contribution in [0.2, 0.25) is 1.43 Å². The molecule has 4 heteroatoms. The van der Waals surface area contributed by atoms with Gasteiger partial charge in [0.1, 0.15) is 5.69 Å². The second kappa shape index (κ2) is 5.59. The molecule has 0 heterocycles. The molecule has 0 amide bonds. The van der Waals surface area contributed by atoms with Crippen LogP contribution >= 0.6 is 0 Å². The summed E-state index contributed by atoms with van der Waals surface area (Å²) in [6.07, 6.45) is 0. The fraction of sp³-hybridized carbons (Fsp3) is 0.385. The number of nitrogens with zero attached hydrogens (tertiary/aromatic N) is 2. The Labute approximate surface area is 106 Å². The Bertz CT molecular complexity index is 485. The lowest BCUT2D eigenvalue weighted by Crippen LogP contribution is -2.37. The van der Waals surface area contributed by atoms with Crippen LogP contribution in [0.25, 0.3) is 0 Å². The van der Waals surface area contributed by atoms with Gasteiger partial charge in [0, 0.05) is 0 Å². The highest BCUT2D eigenvalue weighted by atomic mass is 16.5. The topological polar surface area (TPSA) is 52.9 Å². The molecule has 0 spiro atoms. The summed E-state index contributed by atoms with van der Waals surface area (Å²) in [4.78, 5) is 10.4. The van der Waals surface area contributed by atoms with E-state index < -0.39 is 6.04 Å². The van der Waals surface area contributed by atoms with Gasteiger partial charge in [-0.15, -0.1) is 4.91 Å². The van der Waals surface area contributed by atoms with Crippen molar-refractivity contribution in [2.24, 2.45) is 11.1 Å². The first kappa shape index (κ1) is 9.36. The van der Waals surface area contributed by atoms with Crippen molar-refractivity contribution in [3.8, 4) is 0 Å².